The van der Waals surface area contributed by atoms with Crippen LogP contribution >= 0.6 is 11.8 Å². The Morgan fingerprint density at radius 3 is 2.81 bits per heavy atom. The number of carbonyl (C=O) groups excluding carboxylic acids is 2. The molecule has 0 aliphatic carbocycles. The van der Waals surface area contributed by atoms with Gasteiger partial charge in [0.15, 0.2) is 0 Å². The molecule has 1 aromatic carbocycles. The van der Waals surface area contributed by atoms with Gasteiger partial charge in [0.1, 0.15) is 18.3 Å². The summed E-state index contributed by atoms with van der Waals surface area (Å²) in [6.45, 7) is 3.77. The molecular formula is C27H33N7O2S. The van der Waals surface area contributed by atoms with Crippen molar-refractivity contribution in [2.75, 3.05) is 43.4 Å². The zero-order chi connectivity index (χ0) is 26.6. The Hall–Kier alpha value is -3.76. The first-order valence-electron chi connectivity index (χ1n) is 12.4. The molecule has 0 bridgehead atoms. The molecule has 0 spiro atoms. The maximum atomic E-state index is 13.0. The molecule has 194 valence electrons. The normalized spacial score (nSPS) is 17.5. The first kappa shape index (κ1) is 27.8. The lowest BCUT2D eigenvalue weighted by molar-refractivity contribution is -0.131. The number of hydrogen-bond acceptors (Lipinski definition) is 8. The summed E-state index contributed by atoms with van der Waals surface area (Å²) in [6.07, 6.45) is 3.56. The van der Waals surface area contributed by atoms with Gasteiger partial charge in [0.25, 0.3) is 0 Å². The Morgan fingerprint density at radius 2 is 2.11 bits per heavy atom. The molecule has 37 heavy (non-hydrogen) atoms. The maximum absolute atomic E-state index is 13.0. The van der Waals surface area contributed by atoms with Crippen molar-refractivity contribution in [3.63, 3.8) is 0 Å². The molecule has 9 nitrogen and oxygen atoms in total. The molecule has 3 rings (SSSR count). The summed E-state index contributed by atoms with van der Waals surface area (Å²) >= 11 is 1.51. The first-order chi connectivity index (χ1) is 18.0. The molecule has 10 heteroatoms. The van der Waals surface area contributed by atoms with E-state index < -0.39 is 11.8 Å². The Bertz CT molecular complexity index is 1130. The third kappa shape index (κ3) is 7.86. The van der Waals surface area contributed by atoms with Gasteiger partial charge in [-0.15, -0.1) is 11.8 Å². The predicted molar refractivity (Wildman–Crippen MR) is 146 cm³/mol. The van der Waals surface area contributed by atoms with Gasteiger partial charge in [0.2, 0.25) is 11.8 Å². The average molecular weight is 520 g/mol. The van der Waals surface area contributed by atoms with Crippen molar-refractivity contribution in [1.82, 2.24) is 15.2 Å². The van der Waals surface area contributed by atoms with E-state index in [4.69, 9.17) is 5.26 Å². The molecular weight excluding hydrogens is 486 g/mol. The Morgan fingerprint density at radius 1 is 1.27 bits per heavy atom. The van der Waals surface area contributed by atoms with Gasteiger partial charge in [-0.1, -0.05) is 18.2 Å². The van der Waals surface area contributed by atoms with Crippen molar-refractivity contribution in [3.8, 4) is 12.1 Å². The number of carbonyl (C=O) groups is 2. The quantitative estimate of drug-likeness (QED) is 0.387. The number of hydrogen-bond donors (Lipinski definition) is 2. The molecule has 0 saturated carbocycles. The second-order valence-corrected chi connectivity index (χ2v) is 10.2. The third-order valence-electron chi connectivity index (χ3n) is 6.26. The topological polar surface area (TPSA) is 125 Å². The van der Waals surface area contributed by atoms with Gasteiger partial charge < -0.3 is 20.4 Å². The number of pyridine rings is 1. The van der Waals surface area contributed by atoms with Crippen molar-refractivity contribution in [2.45, 2.75) is 36.8 Å². The lowest BCUT2D eigenvalue weighted by Crippen LogP contribution is -2.38. The van der Waals surface area contributed by atoms with Crippen LogP contribution in [0.4, 0.5) is 11.5 Å². The number of nitrogens with zero attached hydrogens (tertiary/aromatic N) is 5. The summed E-state index contributed by atoms with van der Waals surface area (Å²) < 4.78 is 0. The number of nitriles is 2. The minimum absolute atomic E-state index is 0.0414. The highest BCUT2D eigenvalue weighted by Crippen LogP contribution is 2.37. The second-order valence-electron chi connectivity index (χ2n) is 8.77. The van der Waals surface area contributed by atoms with E-state index in [-0.39, 0.29) is 29.5 Å². The Balaban J connectivity index is 1.50. The van der Waals surface area contributed by atoms with Gasteiger partial charge >= 0.3 is 0 Å². The van der Waals surface area contributed by atoms with E-state index in [1.54, 1.807) is 11.1 Å². The highest BCUT2D eigenvalue weighted by atomic mass is 32.2. The SMILES string of the molecule is CCN1C(=O)C(CCNc2cccc(CCN(C)c3ccccn3)c2)SC1CC(C#N)C(=O)NCC#N. The van der Waals surface area contributed by atoms with Gasteiger partial charge in [-0.05, 0) is 49.6 Å². The van der Waals surface area contributed by atoms with Crippen molar-refractivity contribution in [1.29, 1.82) is 10.5 Å². The van der Waals surface area contributed by atoms with Crippen molar-refractivity contribution >= 4 is 35.1 Å². The molecule has 1 saturated heterocycles. The van der Waals surface area contributed by atoms with E-state index in [9.17, 15) is 14.9 Å². The lowest BCUT2D eigenvalue weighted by Gasteiger charge is -2.23. The number of aromatic nitrogens is 1. The predicted octanol–water partition coefficient (Wildman–Crippen LogP) is 3.02. The fourth-order valence-corrected chi connectivity index (χ4v) is 5.82. The summed E-state index contributed by atoms with van der Waals surface area (Å²) in [6, 6.07) is 18.0. The maximum Gasteiger partial charge on any atom is 0.238 e. The van der Waals surface area contributed by atoms with Crippen LogP contribution in [0.1, 0.15) is 25.3 Å². The van der Waals surface area contributed by atoms with Crippen LogP contribution in [-0.2, 0) is 16.0 Å². The minimum atomic E-state index is -0.899. The molecule has 1 aromatic heterocycles. The van der Waals surface area contributed by atoms with Crippen molar-refractivity contribution in [2.24, 2.45) is 5.92 Å². The van der Waals surface area contributed by atoms with Crippen LogP contribution in [-0.4, -0.2) is 65.5 Å². The molecule has 2 aromatic rings. The number of thioether (sulfide) groups is 1. The van der Waals surface area contributed by atoms with Gasteiger partial charge in [-0.2, -0.15) is 10.5 Å². The second kappa shape index (κ2) is 14.1. The molecule has 2 N–H and O–H groups in total. The van der Waals surface area contributed by atoms with Crippen LogP contribution in [0.5, 0.6) is 0 Å². The minimum Gasteiger partial charge on any atom is -0.385 e. The molecule has 3 atom stereocenters. The van der Waals surface area contributed by atoms with Crippen LogP contribution in [0.3, 0.4) is 0 Å². The fraction of sp³-hybridized carbons (Fsp3) is 0.444. The van der Waals surface area contributed by atoms with Gasteiger partial charge in [0, 0.05) is 45.0 Å². The van der Waals surface area contributed by atoms with Crippen LogP contribution in [0.2, 0.25) is 0 Å². The average Bonchev–Trinajstić information content (AvgIpc) is 3.23. The smallest absolute Gasteiger partial charge is 0.238 e. The van der Waals surface area contributed by atoms with Crippen molar-refractivity contribution in [3.05, 3.63) is 54.2 Å². The molecule has 1 fully saturated rings. The lowest BCUT2D eigenvalue weighted by atomic mass is 10.1. The number of anilines is 2. The summed E-state index contributed by atoms with van der Waals surface area (Å²) in [5, 5.41) is 23.5. The standard InChI is InChI=1S/C27H33N7O2S/c1-3-34-25(18-21(19-29)26(35)32-15-12-28)37-23(27(34)36)10-14-30-22-8-6-7-20(17-22)11-16-33(2)24-9-4-5-13-31-24/h4-9,13,17,21,23,25,30H,3,10-11,14-16,18H2,1-2H3,(H,32,35). The molecule has 2 heterocycles. The van der Waals surface area contributed by atoms with Crippen LogP contribution in [0, 0.1) is 28.6 Å². The third-order valence-corrected chi connectivity index (χ3v) is 7.79. The number of amides is 2. The molecule has 3 unspecified atom stereocenters. The summed E-state index contributed by atoms with van der Waals surface area (Å²) in [7, 11) is 2.03. The summed E-state index contributed by atoms with van der Waals surface area (Å²) in [5.41, 5.74) is 2.23. The number of rotatable bonds is 13. The van der Waals surface area contributed by atoms with E-state index in [1.807, 2.05) is 56.4 Å². The zero-order valence-electron chi connectivity index (χ0n) is 21.3. The largest absolute Gasteiger partial charge is 0.385 e. The molecule has 2 amide bonds. The van der Waals surface area contributed by atoms with Crippen molar-refractivity contribution < 1.29 is 9.59 Å². The Labute approximate surface area is 222 Å². The van der Waals surface area contributed by atoms with E-state index in [0.717, 1.165) is 24.5 Å². The first-order valence-corrected chi connectivity index (χ1v) is 13.4. The number of nitrogens with one attached hydrogen (secondary N) is 2. The molecule has 1 aliphatic heterocycles. The van der Waals surface area contributed by atoms with E-state index in [1.165, 1.54) is 17.3 Å². The van der Waals surface area contributed by atoms with Gasteiger partial charge in [-0.3, -0.25) is 9.59 Å². The van der Waals surface area contributed by atoms with E-state index in [0.29, 0.717) is 19.5 Å². The molecule has 0 radical (unpaired) electrons. The summed E-state index contributed by atoms with van der Waals surface area (Å²) in [5.74, 6) is -0.382. The highest BCUT2D eigenvalue weighted by molar-refractivity contribution is 8.01. The fourth-order valence-electron chi connectivity index (χ4n) is 4.23. The zero-order valence-corrected chi connectivity index (χ0v) is 22.1. The van der Waals surface area contributed by atoms with Crippen LogP contribution in [0.15, 0.2) is 48.7 Å². The summed E-state index contributed by atoms with van der Waals surface area (Å²) in [4.78, 5) is 33.4. The molecule has 1 aliphatic rings. The van der Waals surface area contributed by atoms with Crippen LogP contribution in [0.25, 0.3) is 0 Å². The van der Waals surface area contributed by atoms with Gasteiger partial charge in [-0.25, -0.2) is 4.98 Å². The van der Waals surface area contributed by atoms with Crippen LogP contribution < -0.4 is 15.5 Å². The van der Waals surface area contributed by atoms with E-state index in [2.05, 4.69) is 32.7 Å². The number of likely N-dealkylation sites (N-methyl/N-ethyl adjacent to an activating group) is 1. The Kier molecular flexibility index (Phi) is 10.6. The van der Waals surface area contributed by atoms with Gasteiger partial charge in [0.05, 0.1) is 22.8 Å². The highest BCUT2D eigenvalue weighted by Gasteiger charge is 2.40. The van der Waals surface area contributed by atoms with E-state index >= 15 is 0 Å². The number of benzene rings is 1. The monoisotopic (exact) mass is 519 g/mol.